The molecule has 1 unspecified atom stereocenters. The number of methoxy groups -OCH3 is 1. The summed E-state index contributed by atoms with van der Waals surface area (Å²) in [7, 11) is 1.65. The highest BCUT2D eigenvalue weighted by Gasteiger charge is 2.35. The Morgan fingerprint density at radius 2 is 2.31 bits per heavy atom. The van der Waals surface area contributed by atoms with Crippen molar-refractivity contribution in [2.45, 2.75) is 37.8 Å². The molecule has 1 fully saturated rings. The average molecular weight is 230 g/mol. The fraction of sp³-hybridized carbons (Fsp3) is 0.909. The Morgan fingerprint density at radius 3 is 2.75 bits per heavy atom. The predicted molar refractivity (Wildman–Crippen MR) is 61.1 cm³/mol. The largest absolute Gasteiger partial charge is 0.378 e. The van der Waals surface area contributed by atoms with Gasteiger partial charge in [0.2, 0.25) is 5.91 Å². The molecule has 0 aromatic heterocycles. The first kappa shape index (κ1) is 13.4. The number of carbonyl (C=O) groups excluding carboxylic acids is 1. The second kappa shape index (κ2) is 5.12. The number of nitrogens with two attached hydrogens (primary N) is 1. The minimum atomic E-state index is -0.476. The Labute approximate surface area is 96.7 Å². The maximum atomic E-state index is 11.6. The van der Waals surface area contributed by atoms with Crippen LogP contribution in [0.3, 0.4) is 0 Å². The van der Waals surface area contributed by atoms with Crippen LogP contribution in [-0.4, -0.2) is 43.9 Å². The van der Waals surface area contributed by atoms with Gasteiger partial charge < -0.3 is 20.5 Å². The molecule has 1 atom stereocenters. The van der Waals surface area contributed by atoms with Crippen LogP contribution in [0.15, 0.2) is 0 Å². The van der Waals surface area contributed by atoms with Crippen molar-refractivity contribution in [1.29, 1.82) is 0 Å². The minimum Gasteiger partial charge on any atom is -0.378 e. The monoisotopic (exact) mass is 230 g/mol. The van der Waals surface area contributed by atoms with Crippen molar-refractivity contribution in [3.63, 3.8) is 0 Å². The summed E-state index contributed by atoms with van der Waals surface area (Å²) in [6.07, 6.45) is 1.13. The van der Waals surface area contributed by atoms with Gasteiger partial charge in [-0.1, -0.05) is 0 Å². The normalized spacial score (nSPS) is 25.8. The van der Waals surface area contributed by atoms with E-state index in [4.69, 9.17) is 15.2 Å². The zero-order valence-corrected chi connectivity index (χ0v) is 10.3. The van der Waals surface area contributed by atoms with E-state index < -0.39 is 5.54 Å². The fourth-order valence-corrected chi connectivity index (χ4v) is 1.70. The minimum absolute atomic E-state index is 0.0455. The molecule has 1 aliphatic rings. The molecule has 94 valence electrons. The third-order valence-corrected chi connectivity index (χ3v) is 2.72. The molecule has 5 heteroatoms. The molecule has 1 saturated heterocycles. The lowest BCUT2D eigenvalue weighted by molar-refractivity contribution is -0.123. The number of hydrogen-bond acceptors (Lipinski definition) is 4. The highest BCUT2D eigenvalue weighted by Crippen LogP contribution is 2.21. The van der Waals surface area contributed by atoms with Crippen LogP contribution in [-0.2, 0) is 14.3 Å². The first-order valence-electron chi connectivity index (χ1n) is 5.55. The number of hydrogen-bond donors (Lipinski definition) is 2. The molecule has 0 aliphatic carbocycles. The first-order chi connectivity index (χ1) is 7.37. The zero-order chi connectivity index (χ0) is 12.2. The second-order valence-corrected chi connectivity index (χ2v) is 5.13. The Hall–Kier alpha value is -0.650. The van der Waals surface area contributed by atoms with Gasteiger partial charge in [-0.2, -0.15) is 0 Å². The van der Waals surface area contributed by atoms with Crippen LogP contribution in [0.5, 0.6) is 0 Å². The van der Waals surface area contributed by atoms with Gasteiger partial charge in [0.1, 0.15) is 5.60 Å². The lowest BCUT2D eigenvalue weighted by Gasteiger charge is -2.26. The van der Waals surface area contributed by atoms with Crippen LogP contribution in [0.1, 0.15) is 26.7 Å². The fourth-order valence-electron chi connectivity index (χ4n) is 1.70. The topological polar surface area (TPSA) is 73.6 Å². The van der Waals surface area contributed by atoms with Crippen molar-refractivity contribution in [2.24, 2.45) is 5.73 Å². The molecule has 0 bridgehead atoms. The third kappa shape index (κ3) is 4.08. The highest BCUT2D eigenvalue weighted by atomic mass is 16.5. The predicted octanol–water partition coefficient (Wildman–Crippen LogP) is 0.0355. The van der Waals surface area contributed by atoms with E-state index in [1.54, 1.807) is 7.11 Å². The van der Waals surface area contributed by atoms with E-state index in [2.05, 4.69) is 5.32 Å². The molecule has 1 amide bonds. The van der Waals surface area contributed by atoms with E-state index in [0.717, 1.165) is 6.42 Å². The van der Waals surface area contributed by atoms with Crippen molar-refractivity contribution < 1.29 is 14.3 Å². The number of nitrogens with one attached hydrogen (secondary N) is 1. The van der Waals surface area contributed by atoms with Gasteiger partial charge in [0.05, 0.1) is 6.61 Å². The van der Waals surface area contributed by atoms with Crippen LogP contribution < -0.4 is 11.1 Å². The molecular formula is C11H22N2O3. The van der Waals surface area contributed by atoms with Crippen LogP contribution >= 0.6 is 0 Å². The molecule has 0 aromatic carbocycles. The van der Waals surface area contributed by atoms with E-state index in [1.807, 2.05) is 13.8 Å². The zero-order valence-electron chi connectivity index (χ0n) is 10.3. The van der Waals surface area contributed by atoms with E-state index in [-0.39, 0.29) is 11.5 Å². The summed E-state index contributed by atoms with van der Waals surface area (Å²) < 4.78 is 10.7. The molecule has 0 aromatic rings. The Balaban J connectivity index is 2.35. The van der Waals surface area contributed by atoms with Gasteiger partial charge in [0.25, 0.3) is 0 Å². The molecule has 0 saturated carbocycles. The molecular weight excluding hydrogens is 208 g/mol. The van der Waals surface area contributed by atoms with Gasteiger partial charge in [-0.05, 0) is 13.8 Å². The standard InChI is InChI=1S/C11H22N2O3/c1-10(2,12)6-9(14)13-7-11(15-3)4-5-16-8-11/h4-8,12H2,1-3H3,(H,13,14). The summed E-state index contributed by atoms with van der Waals surface area (Å²) in [5.41, 5.74) is 4.94. The summed E-state index contributed by atoms with van der Waals surface area (Å²) in [4.78, 5) is 11.6. The molecule has 1 heterocycles. The average Bonchev–Trinajstić information content (AvgIpc) is 2.61. The number of ether oxygens (including phenoxy) is 2. The van der Waals surface area contributed by atoms with Crippen LogP contribution in [0, 0.1) is 0 Å². The first-order valence-corrected chi connectivity index (χ1v) is 5.55. The van der Waals surface area contributed by atoms with Crippen molar-refractivity contribution in [3.8, 4) is 0 Å². The molecule has 1 aliphatic heterocycles. The van der Waals surface area contributed by atoms with Crippen molar-refractivity contribution >= 4 is 5.91 Å². The van der Waals surface area contributed by atoms with Gasteiger partial charge in [-0.3, -0.25) is 4.79 Å². The number of carbonyl (C=O) groups is 1. The lowest BCUT2D eigenvalue weighted by Crippen LogP contribution is -2.47. The second-order valence-electron chi connectivity index (χ2n) is 5.13. The van der Waals surface area contributed by atoms with Crippen molar-refractivity contribution in [2.75, 3.05) is 26.9 Å². The van der Waals surface area contributed by atoms with Crippen LogP contribution in [0.2, 0.25) is 0 Å². The number of rotatable bonds is 5. The summed E-state index contributed by atoms with van der Waals surface area (Å²) in [6, 6.07) is 0. The molecule has 0 radical (unpaired) electrons. The van der Waals surface area contributed by atoms with E-state index in [9.17, 15) is 4.79 Å². The maximum absolute atomic E-state index is 11.6. The van der Waals surface area contributed by atoms with Crippen LogP contribution in [0.25, 0.3) is 0 Å². The van der Waals surface area contributed by atoms with Gasteiger partial charge >= 0.3 is 0 Å². The molecule has 3 N–H and O–H groups in total. The maximum Gasteiger partial charge on any atom is 0.221 e. The van der Waals surface area contributed by atoms with E-state index in [0.29, 0.717) is 26.2 Å². The Kier molecular flexibility index (Phi) is 4.29. The van der Waals surface area contributed by atoms with Crippen LogP contribution in [0.4, 0.5) is 0 Å². The molecule has 1 rings (SSSR count). The molecule has 16 heavy (non-hydrogen) atoms. The van der Waals surface area contributed by atoms with Crippen molar-refractivity contribution in [3.05, 3.63) is 0 Å². The Morgan fingerprint density at radius 1 is 1.62 bits per heavy atom. The van der Waals surface area contributed by atoms with Gasteiger partial charge in [-0.15, -0.1) is 0 Å². The van der Waals surface area contributed by atoms with Gasteiger partial charge in [0.15, 0.2) is 0 Å². The van der Waals surface area contributed by atoms with Crippen molar-refractivity contribution in [1.82, 2.24) is 5.32 Å². The SMILES string of the molecule is COC1(CNC(=O)CC(C)(C)N)CCOC1. The Bertz CT molecular complexity index is 242. The van der Waals surface area contributed by atoms with E-state index >= 15 is 0 Å². The lowest BCUT2D eigenvalue weighted by atomic mass is 10.0. The third-order valence-electron chi connectivity index (χ3n) is 2.72. The number of amides is 1. The smallest absolute Gasteiger partial charge is 0.221 e. The van der Waals surface area contributed by atoms with E-state index in [1.165, 1.54) is 0 Å². The van der Waals surface area contributed by atoms with Gasteiger partial charge in [0, 0.05) is 38.6 Å². The quantitative estimate of drug-likeness (QED) is 0.699. The summed E-state index contributed by atoms with van der Waals surface area (Å²) in [6.45, 7) is 5.37. The molecule has 0 spiro atoms. The van der Waals surface area contributed by atoms with Gasteiger partial charge in [-0.25, -0.2) is 0 Å². The summed E-state index contributed by atoms with van der Waals surface area (Å²) >= 11 is 0. The summed E-state index contributed by atoms with van der Waals surface area (Å²) in [5.74, 6) is -0.0455. The highest BCUT2D eigenvalue weighted by molar-refractivity contribution is 5.77. The summed E-state index contributed by atoms with van der Waals surface area (Å²) in [5, 5.41) is 2.85. The molecule has 5 nitrogen and oxygen atoms in total.